The average molecular weight is 254 g/mol. The molecule has 1 aromatic rings. The Balaban J connectivity index is 2.75. The van der Waals surface area contributed by atoms with E-state index in [0.29, 0.717) is 23.0 Å². The van der Waals surface area contributed by atoms with Gasteiger partial charge in [-0.25, -0.2) is 0 Å². The highest BCUT2D eigenvalue weighted by Gasteiger charge is 2.12. The number of aryl methyl sites for hydroxylation is 1. The Hall–Kier alpha value is -1.27. The van der Waals surface area contributed by atoms with E-state index in [9.17, 15) is 4.79 Å². The highest BCUT2D eigenvalue weighted by atomic mass is 32.2. The van der Waals surface area contributed by atoms with Crippen LogP contribution in [0, 0.1) is 6.92 Å². The van der Waals surface area contributed by atoms with Crippen molar-refractivity contribution >= 4 is 23.4 Å². The van der Waals surface area contributed by atoms with Crippen molar-refractivity contribution in [3.8, 4) is 0 Å². The molecule has 1 aromatic heterocycles. The van der Waals surface area contributed by atoms with E-state index in [4.69, 9.17) is 5.84 Å². The summed E-state index contributed by atoms with van der Waals surface area (Å²) in [5, 5.41) is 3.23. The van der Waals surface area contributed by atoms with Crippen molar-refractivity contribution in [1.29, 1.82) is 0 Å². The lowest BCUT2D eigenvalue weighted by atomic mass is 10.2. The molecule has 1 heterocycles. The molecule has 0 saturated carbocycles. The molecule has 0 fully saturated rings. The molecule has 94 valence electrons. The molecule has 4 N–H and O–H groups in total. The van der Waals surface area contributed by atoms with Gasteiger partial charge >= 0.3 is 0 Å². The van der Waals surface area contributed by atoms with E-state index in [1.165, 1.54) is 6.20 Å². The predicted octanol–water partition coefficient (Wildman–Crippen LogP) is 1.16. The van der Waals surface area contributed by atoms with Crippen LogP contribution in [0.25, 0.3) is 0 Å². The van der Waals surface area contributed by atoms with E-state index in [-0.39, 0.29) is 5.91 Å². The van der Waals surface area contributed by atoms with Crippen LogP contribution in [0.3, 0.4) is 0 Å². The molecule has 0 radical (unpaired) electrons. The summed E-state index contributed by atoms with van der Waals surface area (Å²) in [6.07, 6.45) is 3.54. The lowest BCUT2D eigenvalue weighted by Crippen LogP contribution is -2.30. The average Bonchev–Trinajstić information content (AvgIpc) is 2.35. The smallest absolute Gasteiger partial charge is 0.255 e. The Kier molecular flexibility index (Phi) is 5.24. The lowest BCUT2D eigenvalue weighted by molar-refractivity contribution is 0.0954. The van der Waals surface area contributed by atoms with Crippen LogP contribution in [0.5, 0.6) is 0 Å². The van der Waals surface area contributed by atoms with Gasteiger partial charge in [-0.15, -0.1) is 0 Å². The molecule has 1 rings (SSSR count). The molecule has 0 aromatic carbocycles. The zero-order valence-electron chi connectivity index (χ0n) is 10.3. The van der Waals surface area contributed by atoms with E-state index in [0.717, 1.165) is 5.69 Å². The third-order valence-electron chi connectivity index (χ3n) is 2.39. The summed E-state index contributed by atoms with van der Waals surface area (Å²) in [5.41, 5.74) is 4.38. The SMILES string of the molecule is CSC(C)CNC(=O)c1cnc(C)cc1NN. The molecule has 17 heavy (non-hydrogen) atoms. The number of anilines is 1. The molecule has 1 unspecified atom stereocenters. The number of rotatable bonds is 5. The highest BCUT2D eigenvalue weighted by molar-refractivity contribution is 7.99. The summed E-state index contributed by atoms with van der Waals surface area (Å²) in [5.74, 6) is 5.22. The van der Waals surface area contributed by atoms with Crippen LogP contribution >= 0.6 is 11.8 Å². The first kappa shape index (κ1) is 13.8. The minimum Gasteiger partial charge on any atom is -0.351 e. The van der Waals surface area contributed by atoms with Gasteiger partial charge in [0.2, 0.25) is 0 Å². The van der Waals surface area contributed by atoms with Crippen molar-refractivity contribution in [2.45, 2.75) is 19.1 Å². The maximum Gasteiger partial charge on any atom is 0.255 e. The molecule has 1 atom stereocenters. The van der Waals surface area contributed by atoms with Crippen molar-refractivity contribution in [3.63, 3.8) is 0 Å². The van der Waals surface area contributed by atoms with Crippen LogP contribution in [0.15, 0.2) is 12.3 Å². The molecule has 0 aliphatic carbocycles. The fourth-order valence-corrected chi connectivity index (χ4v) is 1.53. The molecule has 0 spiro atoms. The molecule has 5 nitrogen and oxygen atoms in total. The second kappa shape index (κ2) is 6.46. The first-order valence-corrected chi connectivity index (χ1v) is 6.61. The minimum atomic E-state index is -0.161. The van der Waals surface area contributed by atoms with Gasteiger partial charge in [-0.3, -0.25) is 15.6 Å². The van der Waals surface area contributed by atoms with Gasteiger partial charge in [0.25, 0.3) is 5.91 Å². The molecular formula is C11H18N4OS. The van der Waals surface area contributed by atoms with Gasteiger partial charge in [0, 0.05) is 23.7 Å². The first-order valence-electron chi connectivity index (χ1n) is 5.32. The summed E-state index contributed by atoms with van der Waals surface area (Å²) in [7, 11) is 0. The van der Waals surface area contributed by atoms with Gasteiger partial charge < -0.3 is 10.7 Å². The molecule has 0 aliphatic rings. The third kappa shape index (κ3) is 3.90. The van der Waals surface area contributed by atoms with Crippen molar-refractivity contribution < 1.29 is 4.79 Å². The van der Waals surface area contributed by atoms with Crippen LogP contribution < -0.4 is 16.6 Å². The van der Waals surface area contributed by atoms with Crippen LogP contribution in [0.2, 0.25) is 0 Å². The highest BCUT2D eigenvalue weighted by Crippen LogP contribution is 2.14. The van der Waals surface area contributed by atoms with E-state index in [2.05, 4.69) is 22.7 Å². The van der Waals surface area contributed by atoms with Crippen LogP contribution in [0.4, 0.5) is 5.69 Å². The summed E-state index contributed by atoms with van der Waals surface area (Å²) < 4.78 is 0. The van der Waals surface area contributed by atoms with E-state index in [1.54, 1.807) is 17.8 Å². The zero-order chi connectivity index (χ0) is 12.8. The van der Waals surface area contributed by atoms with Gasteiger partial charge in [0.1, 0.15) is 0 Å². The second-order valence-electron chi connectivity index (χ2n) is 3.77. The molecular weight excluding hydrogens is 236 g/mol. The van der Waals surface area contributed by atoms with Gasteiger partial charge in [0.15, 0.2) is 0 Å². The van der Waals surface area contributed by atoms with Crippen molar-refractivity contribution in [3.05, 3.63) is 23.5 Å². The summed E-state index contributed by atoms with van der Waals surface area (Å²) >= 11 is 1.70. The number of nitrogen functional groups attached to an aromatic ring is 1. The normalized spacial score (nSPS) is 12.0. The quantitative estimate of drug-likeness (QED) is 0.542. The minimum absolute atomic E-state index is 0.161. The number of hydrogen-bond donors (Lipinski definition) is 3. The number of nitrogens with zero attached hydrogens (tertiary/aromatic N) is 1. The molecule has 0 aliphatic heterocycles. The number of thioether (sulfide) groups is 1. The largest absolute Gasteiger partial charge is 0.351 e. The number of hydrazine groups is 1. The lowest BCUT2D eigenvalue weighted by Gasteiger charge is -2.12. The Labute approximate surface area is 106 Å². The van der Waals surface area contributed by atoms with Gasteiger partial charge in [-0.2, -0.15) is 11.8 Å². The second-order valence-corrected chi connectivity index (χ2v) is 5.05. The van der Waals surface area contributed by atoms with Crippen LogP contribution in [-0.4, -0.2) is 28.9 Å². The van der Waals surface area contributed by atoms with E-state index in [1.807, 2.05) is 13.2 Å². The number of amides is 1. The molecule has 0 saturated heterocycles. The topological polar surface area (TPSA) is 80.0 Å². The molecule has 1 amide bonds. The third-order valence-corrected chi connectivity index (χ3v) is 3.36. The van der Waals surface area contributed by atoms with Crippen LogP contribution in [0.1, 0.15) is 23.0 Å². The first-order chi connectivity index (χ1) is 8.08. The number of nitrogens with one attached hydrogen (secondary N) is 2. The van der Waals surface area contributed by atoms with Crippen LogP contribution in [-0.2, 0) is 0 Å². The Bertz CT molecular complexity index is 397. The Morgan fingerprint density at radius 3 is 2.94 bits per heavy atom. The fraction of sp³-hybridized carbons (Fsp3) is 0.455. The molecule has 0 bridgehead atoms. The maximum absolute atomic E-state index is 11.9. The number of pyridine rings is 1. The standard InChI is InChI=1S/C11H18N4OS/c1-7-4-10(15-12)9(6-13-7)11(16)14-5-8(2)17-3/h4,6,8H,5,12H2,1-3H3,(H,13,15)(H,14,16). The summed E-state index contributed by atoms with van der Waals surface area (Å²) in [6, 6.07) is 1.74. The molecule has 6 heteroatoms. The Morgan fingerprint density at radius 1 is 1.65 bits per heavy atom. The van der Waals surface area contributed by atoms with Gasteiger partial charge in [-0.1, -0.05) is 6.92 Å². The fourth-order valence-electron chi connectivity index (χ4n) is 1.28. The van der Waals surface area contributed by atoms with E-state index < -0.39 is 0 Å². The monoisotopic (exact) mass is 254 g/mol. The summed E-state index contributed by atoms with van der Waals surface area (Å²) in [6.45, 7) is 4.52. The number of aromatic nitrogens is 1. The van der Waals surface area contributed by atoms with Gasteiger partial charge in [-0.05, 0) is 19.2 Å². The van der Waals surface area contributed by atoms with Crippen molar-refractivity contribution in [2.75, 3.05) is 18.2 Å². The Morgan fingerprint density at radius 2 is 2.35 bits per heavy atom. The zero-order valence-corrected chi connectivity index (χ0v) is 11.1. The number of carbonyl (C=O) groups is 1. The van der Waals surface area contributed by atoms with E-state index >= 15 is 0 Å². The number of nitrogens with two attached hydrogens (primary N) is 1. The number of carbonyl (C=O) groups excluding carboxylic acids is 1. The summed E-state index contributed by atoms with van der Waals surface area (Å²) in [4.78, 5) is 16.0. The maximum atomic E-state index is 11.9. The van der Waals surface area contributed by atoms with Crippen molar-refractivity contribution in [1.82, 2.24) is 10.3 Å². The van der Waals surface area contributed by atoms with Crippen molar-refractivity contribution in [2.24, 2.45) is 5.84 Å². The van der Waals surface area contributed by atoms with Gasteiger partial charge in [0.05, 0.1) is 11.3 Å². The predicted molar refractivity (Wildman–Crippen MR) is 72.1 cm³/mol. The number of hydrogen-bond acceptors (Lipinski definition) is 5.